The first-order valence-corrected chi connectivity index (χ1v) is 8.00. The molecule has 0 spiro atoms. The van der Waals surface area contributed by atoms with Crippen LogP contribution < -0.4 is 5.32 Å². The number of nitrogens with zero attached hydrogens (tertiary/aromatic N) is 3. The highest BCUT2D eigenvalue weighted by Gasteiger charge is 2.21. The second kappa shape index (κ2) is 6.75. The van der Waals surface area contributed by atoms with Crippen molar-refractivity contribution in [3.63, 3.8) is 0 Å². The molecule has 0 radical (unpaired) electrons. The van der Waals surface area contributed by atoms with Crippen molar-refractivity contribution >= 4 is 28.9 Å². The van der Waals surface area contributed by atoms with Gasteiger partial charge in [-0.15, -0.1) is 0 Å². The van der Waals surface area contributed by atoms with Gasteiger partial charge >= 0.3 is 0 Å². The summed E-state index contributed by atoms with van der Waals surface area (Å²) in [5.74, 6) is -0.0708. The lowest BCUT2D eigenvalue weighted by molar-refractivity contribution is 0.631. The normalized spacial score (nSPS) is 11.1. The zero-order valence-electron chi connectivity index (χ0n) is 12.9. The summed E-state index contributed by atoms with van der Waals surface area (Å²) in [6.45, 7) is 3.93. The topological polar surface area (TPSA) is 66.5 Å². The van der Waals surface area contributed by atoms with Crippen LogP contribution in [0.5, 0.6) is 0 Å². The number of nitrogens with one attached hydrogen (secondary N) is 2. The summed E-state index contributed by atoms with van der Waals surface area (Å²) in [6.07, 6.45) is 1.45. The molecule has 24 heavy (non-hydrogen) atoms. The molecule has 8 heteroatoms. The van der Waals surface area contributed by atoms with Crippen molar-refractivity contribution in [3.8, 4) is 22.6 Å². The van der Waals surface area contributed by atoms with E-state index in [0.717, 1.165) is 0 Å². The van der Waals surface area contributed by atoms with E-state index in [1.165, 1.54) is 12.4 Å². The summed E-state index contributed by atoms with van der Waals surface area (Å²) >= 11 is 12.6. The van der Waals surface area contributed by atoms with Gasteiger partial charge in [0.2, 0.25) is 0 Å². The first-order chi connectivity index (χ1) is 11.5. The minimum Gasteiger partial charge on any atom is -0.382 e. The number of benzene rings is 1. The number of hydrogen-bond donors (Lipinski definition) is 2. The maximum absolute atomic E-state index is 14.4. The number of pyridine rings is 1. The van der Waals surface area contributed by atoms with Gasteiger partial charge in [0.15, 0.2) is 5.82 Å². The van der Waals surface area contributed by atoms with Gasteiger partial charge in [-0.2, -0.15) is 5.10 Å². The quantitative estimate of drug-likeness (QED) is 0.651. The van der Waals surface area contributed by atoms with Crippen LogP contribution in [0.2, 0.25) is 10.2 Å². The molecule has 2 heterocycles. The summed E-state index contributed by atoms with van der Waals surface area (Å²) < 4.78 is 14.4. The van der Waals surface area contributed by atoms with E-state index in [9.17, 15) is 4.39 Å². The van der Waals surface area contributed by atoms with Gasteiger partial charge in [-0.1, -0.05) is 29.3 Å². The van der Waals surface area contributed by atoms with Crippen LogP contribution in [0.15, 0.2) is 30.6 Å². The summed E-state index contributed by atoms with van der Waals surface area (Å²) in [5, 5.41) is 10.3. The second-order valence-corrected chi connectivity index (χ2v) is 6.20. The van der Waals surface area contributed by atoms with Crippen molar-refractivity contribution < 1.29 is 4.39 Å². The Morgan fingerprint density at radius 2 is 2.00 bits per heavy atom. The molecular weight excluding hydrogens is 352 g/mol. The molecule has 0 fully saturated rings. The molecule has 0 unspecified atom stereocenters. The predicted molar refractivity (Wildman–Crippen MR) is 93.8 cm³/mol. The van der Waals surface area contributed by atoms with Crippen molar-refractivity contribution in [2.24, 2.45) is 0 Å². The lowest BCUT2D eigenvalue weighted by atomic mass is 10.0. The fourth-order valence-corrected chi connectivity index (χ4v) is 2.90. The van der Waals surface area contributed by atoms with Gasteiger partial charge in [-0.3, -0.25) is 5.10 Å². The van der Waals surface area contributed by atoms with Crippen molar-refractivity contribution in [1.82, 2.24) is 20.2 Å². The van der Waals surface area contributed by atoms with Crippen LogP contribution in [0.25, 0.3) is 22.6 Å². The van der Waals surface area contributed by atoms with Gasteiger partial charge in [-0.25, -0.2) is 14.4 Å². The number of H-pyrrole nitrogens is 1. The van der Waals surface area contributed by atoms with Gasteiger partial charge in [-0.05, 0) is 32.0 Å². The molecule has 0 saturated heterocycles. The first-order valence-electron chi connectivity index (χ1n) is 7.25. The Kier molecular flexibility index (Phi) is 4.69. The van der Waals surface area contributed by atoms with Crippen LogP contribution in [0.4, 0.5) is 10.1 Å². The van der Waals surface area contributed by atoms with Crippen molar-refractivity contribution in [2.45, 2.75) is 19.9 Å². The highest BCUT2D eigenvalue weighted by Crippen LogP contribution is 2.41. The predicted octanol–water partition coefficient (Wildman–Crippen LogP) is 4.80. The molecule has 0 atom stereocenters. The molecule has 124 valence electrons. The van der Waals surface area contributed by atoms with Crippen LogP contribution in [-0.4, -0.2) is 26.2 Å². The third-order valence-electron chi connectivity index (χ3n) is 3.28. The molecule has 2 N–H and O–H groups in total. The molecule has 5 nitrogen and oxygen atoms in total. The van der Waals surface area contributed by atoms with E-state index < -0.39 is 5.82 Å². The zero-order chi connectivity index (χ0) is 17.3. The lowest BCUT2D eigenvalue weighted by Crippen LogP contribution is -2.12. The Bertz CT molecular complexity index is 845. The Hall–Kier alpha value is -2.18. The fourth-order valence-electron chi connectivity index (χ4n) is 2.36. The monoisotopic (exact) mass is 365 g/mol. The lowest BCUT2D eigenvalue weighted by Gasteiger charge is -2.18. The summed E-state index contributed by atoms with van der Waals surface area (Å²) in [4.78, 5) is 8.37. The van der Waals surface area contributed by atoms with Crippen LogP contribution in [0.3, 0.4) is 0 Å². The molecule has 0 amide bonds. The molecule has 0 aliphatic heterocycles. The second-order valence-electron chi connectivity index (χ2n) is 5.44. The molecule has 2 aromatic heterocycles. The molecule has 0 aliphatic rings. The van der Waals surface area contributed by atoms with Gasteiger partial charge in [0.1, 0.15) is 23.0 Å². The highest BCUT2D eigenvalue weighted by atomic mass is 35.5. The van der Waals surface area contributed by atoms with Crippen molar-refractivity contribution in [1.29, 1.82) is 0 Å². The van der Waals surface area contributed by atoms with E-state index in [-0.39, 0.29) is 21.8 Å². The largest absolute Gasteiger partial charge is 0.382 e. The first kappa shape index (κ1) is 16.7. The molecule has 0 saturated carbocycles. The van der Waals surface area contributed by atoms with Crippen molar-refractivity contribution in [2.75, 3.05) is 5.32 Å². The SMILES string of the molecule is CC(C)Nc1cc(-c2nc[nH]n2)nc(Cl)c1-c1c(F)cccc1Cl. The van der Waals surface area contributed by atoms with E-state index in [4.69, 9.17) is 23.2 Å². The Morgan fingerprint density at radius 1 is 1.21 bits per heavy atom. The van der Waals surface area contributed by atoms with E-state index >= 15 is 0 Å². The summed E-state index contributed by atoms with van der Waals surface area (Å²) in [6, 6.07) is 6.30. The van der Waals surface area contributed by atoms with Crippen LogP contribution in [-0.2, 0) is 0 Å². The number of aromatic amines is 1. The summed E-state index contributed by atoms with van der Waals surface area (Å²) in [7, 11) is 0. The Balaban J connectivity index is 2.25. The highest BCUT2D eigenvalue weighted by molar-refractivity contribution is 6.36. The van der Waals surface area contributed by atoms with E-state index in [2.05, 4.69) is 25.5 Å². The standard InChI is InChI=1S/C16H14Cl2FN5/c1-8(2)22-11-6-12(16-20-7-21-24-16)23-15(18)14(11)13-9(17)4-3-5-10(13)19/h3-8H,1-2H3,(H,22,23)(H,20,21,24). The number of aromatic nitrogens is 4. The minimum absolute atomic E-state index is 0.0905. The zero-order valence-corrected chi connectivity index (χ0v) is 14.5. The molecule has 3 aromatic rings. The third-order valence-corrected chi connectivity index (χ3v) is 3.86. The smallest absolute Gasteiger partial charge is 0.199 e. The molecule has 3 rings (SSSR count). The van der Waals surface area contributed by atoms with E-state index in [0.29, 0.717) is 22.8 Å². The average molecular weight is 366 g/mol. The third kappa shape index (κ3) is 3.20. The Labute approximate surface area is 148 Å². The van der Waals surface area contributed by atoms with Gasteiger partial charge < -0.3 is 5.32 Å². The number of anilines is 1. The van der Waals surface area contributed by atoms with E-state index in [1.54, 1.807) is 18.2 Å². The molecule has 0 aliphatic carbocycles. The molecular formula is C16H14Cl2FN5. The average Bonchev–Trinajstić information content (AvgIpc) is 3.03. The van der Waals surface area contributed by atoms with Crippen LogP contribution in [0, 0.1) is 5.82 Å². The van der Waals surface area contributed by atoms with Crippen molar-refractivity contribution in [3.05, 3.63) is 46.6 Å². The van der Waals surface area contributed by atoms with Gasteiger partial charge in [0, 0.05) is 22.9 Å². The maximum atomic E-state index is 14.4. The molecule has 1 aromatic carbocycles. The van der Waals surface area contributed by atoms with Crippen LogP contribution >= 0.6 is 23.2 Å². The van der Waals surface area contributed by atoms with Gasteiger partial charge in [0.25, 0.3) is 0 Å². The maximum Gasteiger partial charge on any atom is 0.199 e. The number of rotatable bonds is 4. The number of halogens is 3. The minimum atomic E-state index is -0.469. The molecule has 0 bridgehead atoms. The van der Waals surface area contributed by atoms with Gasteiger partial charge in [0.05, 0.1) is 5.02 Å². The Morgan fingerprint density at radius 3 is 2.62 bits per heavy atom. The summed E-state index contributed by atoms with van der Waals surface area (Å²) in [5.41, 5.74) is 1.70. The fraction of sp³-hybridized carbons (Fsp3) is 0.188. The van der Waals surface area contributed by atoms with Crippen LogP contribution in [0.1, 0.15) is 13.8 Å². The number of hydrogen-bond acceptors (Lipinski definition) is 4. The van der Waals surface area contributed by atoms with E-state index in [1.807, 2.05) is 13.8 Å².